The molecule has 0 spiro atoms. The van der Waals surface area contributed by atoms with Crippen LogP contribution < -0.4 is 0 Å². The molecular formula is C24H14ClNO2. The Labute approximate surface area is 166 Å². The molecule has 1 aromatic heterocycles. The number of carbonyl (C=O) groups excluding carboxylic acids is 1. The molecule has 134 valence electrons. The predicted octanol–water partition coefficient (Wildman–Crippen LogP) is 6.78. The lowest BCUT2D eigenvalue weighted by molar-refractivity contribution is 0.112. The fraction of sp³-hybridized carbons (Fsp3) is 0. The van der Waals surface area contributed by atoms with E-state index in [1.54, 1.807) is 0 Å². The first-order chi connectivity index (χ1) is 13.8. The zero-order chi connectivity index (χ0) is 19.1. The van der Waals surface area contributed by atoms with Crippen LogP contribution in [0.15, 0.2) is 83.3 Å². The molecule has 3 nitrogen and oxygen atoms in total. The van der Waals surface area contributed by atoms with Crippen LogP contribution in [0.2, 0.25) is 5.02 Å². The molecule has 4 aromatic carbocycles. The number of fused-ring (bicyclic) bond motifs is 2. The SMILES string of the molecule is O=Cc1c(Cl)cc2ccccc2c1-c1cccc2nc(-c3ccccc3)oc12. The third-order valence-corrected chi connectivity index (χ3v) is 5.17. The number of oxazole rings is 1. The Morgan fingerprint density at radius 3 is 2.50 bits per heavy atom. The van der Waals surface area contributed by atoms with E-state index in [1.165, 1.54) is 0 Å². The van der Waals surface area contributed by atoms with Crippen molar-refractivity contribution in [2.45, 2.75) is 0 Å². The Balaban J connectivity index is 1.86. The molecule has 0 aliphatic heterocycles. The van der Waals surface area contributed by atoms with Crippen LogP contribution in [0.25, 0.3) is 44.5 Å². The smallest absolute Gasteiger partial charge is 0.227 e. The molecule has 0 amide bonds. The molecule has 0 aliphatic rings. The second kappa shape index (κ2) is 6.63. The van der Waals surface area contributed by atoms with Gasteiger partial charge in [0.25, 0.3) is 0 Å². The summed E-state index contributed by atoms with van der Waals surface area (Å²) >= 11 is 6.43. The summed E-state index contributed by atoms with van der Waals surface area (Å²) in [6.07, 6.45) is 0.803. The van der Waals surface area contributed by atoms with Gasteiger partial charge in [-0.2, -0.15) is 0 Å². The molecule has 28 heavy (non-hydrogen) atoms. The number of benzene rings is 4. The Morgan fingerprint density at radius 1 is 0.893 bits per heavy atom. The van der Waals surface area contributed by atoms with Crippen molar-refractivity contribution < 1.29 is 9.21 Å². The predicted molar refractivity (Wildman–Crippen MR) is 113 cm³/mol. The third-order valence-electron chi connectivity index (χ3n) is 4.86. The average molecular weight is 384 g/mol. The zero-order valence-corrected chi connectivity index (χ0v) is 15.5. The van der Waals surface area contributed by atoms with Gasteiger partial charge in [-0.25, -0.2) is 4.98 Å². The standard InChI is InChI=1S/C24H14ClNO2/c25-20-13-16-9-4-5-10-17(16)22(19(20)14-27)18-11-6-12-21-23(18)28-24(26-21)15-7-2-1-3-8-15/h1-14H. The highest BCUT2D eigenvalue weighted by Gasteiger charge is 2.19. The van der Waals surface area contributed by atoms with Gasteiger partial charge < -0.3 is 4.42 Å². The minimum absolute atomic E-state index is 0.420. The number of aromatic nitrogens is 1. The molecule has 0 atom stereocenters. The number of para-hydroxylation sites is 1. The van der Waals surface area contributed by atoms with Crippen molar-refractivity contribution >= 4 is 39.8 Å². The van der Waals surface area contributed by atoms with Gasteiger partial charge in [0, 0.05) is 22.3 Å². The number of nitrogens with zero attached hydrogens (tertiary/aromatic N) is 1. The van der Waals surface area contributed by atoms with Crippen LogP contribution in [-0.4, -0.2) is 11.3 Å². The minimum Gasteiger partial charge on any atom is -0.435 e. The van der Waals surface area contributed by atoms with Crippen LogP contribution in [0.1, 0.15) is 10.4 Å². The maximum atomic E-state index is 11.9. The zero-order valence-electron chi connectivity index (χ0n) is 14.7. The van der Waals surface area contributed by atoms with Crippen molar-refractivity contribution in [3.05, 3.63) is 89.4 Å². The minimum atomic E-state index is 0.420. The van der Waals surface area contributed by atoms with Crippen LogP contribution in [0.3, 0.4) is 0 Å². The van der Waals surface area contributed by atoms with E-state index in [2.05, 4.69) is 4.98 Å². The topological polar surface area (TPSA) is 43.1 Å². The lowest BCUT2D eigenvalue weighted by Crippen LogP contribution is -1.92. The molecular weight excluding hydrogens is 370 g/mol. The van der Waals surface area contributed by atoms with Gasteiger partial charge in [0.15, 0.2) is 11.9 Å². The Kier molecular flexibility index (Phi) is 3.96. The maximum absolute atomic E-state index is 11.9. The highest BCUT2D eigenvalue weighted by atomic mass is 35.5. The number of hydrogen-bond donors (Lipinski definition) is 0. The molecule has 5 aromatic rings. The maximum Gasteiger partial charge on any atom is 0.227 e. The Hall–Kier alpha value is -3.43. The summed E-state index contributed by atoms with van der Waals surface area (Å²) < 4.78 is 6.16. The Bertz CT molecular complexity index is 1340. The molecule has 0 saturated heterocycles. The second-order valence-corrected chi connectivity index (χ2v) is 6.93. The first-order valence-corrected chi connectivity index (χ1v) is 9.26. The van der Waals surface area contributed by atoms with Crippen molar-refractivity contribution in [2.75, 3.05) is 0 Å². The molecule has 0 fully saturated rings. The van der Waals surface area contributed by atoms with E-state index in [4.69, 9.17) is 16.0 Å². The summed E-state index contributed by atoms with van der Waals surface area (Å²) in [4.78, 5) is 16.5. The average Bonchev–Trinajstić information content (AvgIpc) is 3.18. The summed E-state index contributed by atoms with van der Waals surface area (Å²) in [5.41, 5.74) is 4.28. The van der Waals surface area contributed by atoms with E-state index in [-0.39, 0.29) is 0 Å². The van der Waals surface area contributed by atoms with Gasteiger partial charge in [-0.1, -0.05) is 66.2 Å². The first-order valence-electron chi connectivity index (χ1n) is 8.88. The van der Waals surface area contributed by atoms with E-state index in [0.717, 1.165) is 39.3 Å². The summed E-state index contributed by atoms with van der Waals surface area (Å²) in [6, 6.07) is 25.2. The van der Waals surface area contributed by atoms with Gasteiger partial charge in [-0.3, -0.25) is 4.79 Å². The molecule has 0 N–H and O–H groups in total. The van der Waals surface area contributed by atoms with Crippen LogP contribution in [-0.2, 0) is 0 Å². The van der Waals surface area contributed by atoms with Crippen molar-refractivity contribution in [3.8, 4) is 22.6 Å². The number of rotatable bonds is 3. The highest BCUT2D eigenvalue weighted by molar-refractivity contribution is 6.35. The monoisotopic (exact) mass is 383 g/mol. The quantitative estimate of drug-likeness (QED) is 0.322. The fourth-order valence-corrected chi connectivity index (χ4v) is 3.84. The lowest BCUT2D eigenvalue weighted by atomic mass is 9.93. The lowest BCUT2D eigenvalue weighted by Gasteiger charge is -2.12. The molecule has 0 bridgehead atoms. The molecule has 4 heteroatoms. The van der Waals surface area contributed by atoms with Crippen LogP contribution >= 0.6 is 11.6 Å². The van der Waals surface area contributed by atoms with E-state index >= 15 is 0 Å². The summed E-state index contributed by atoms with van der Waals surface area (Å²) in [6.45, 7) is 0. The molecule has 0 aliphatic carbocycles. The Morgan fingerprint density at radius 2 is 1.68 bits per heavy atom. The molecule has 5 rings (SSSR count). The summed E-state index contributed by atoms with van der Waals surface area (Å²) in [5, 5.41) is 2.33. The number of aldehydes is 1. The summed E-state index contributed by atoms with van der Waals surface area (Å²) in [5.74, 6) is 0.544. The van der Waals surface area contributed by atoms with Gasteiger partial charge in [-0.15, -0.1) is 0 Å². The fourth-order valence-electron chi connectivity index (χ4n) is 3.58. The van der Waals surface area contributed by atoms with Gasteiger partial charge in [0.1, 0.15) is 5.52 Å². The molecule has 1 heterocycles. The van der Waals surface area contributed by atoms with Crippen LogP contribution in [0, 0.1) is 0 Å². The van der Waals surface area contributed by atoms with Gasteiger partial charge in [0.2, 0.25) is 5.89 Å². The second-order valence-electron chi connectivity index (χ2n) is 6.52. The van der Waals surface area contributed by atoms with Crippen molar-refractivity contribution in [2.24, 2.45) is 0 Å². The number of halogens is 1. The molecule has 0 unspecified atom stereocenters. The highest BCUT2D eigenvalue weighted by Crippen LogP contribution is 2.40. The van der Waals surface area contributed by atoms with E-state index < -0.39 is 0 Å². The van der Waals surface area contributed by atoms with E-state index in [9.17, 15) is 4.79 Å². The van der Waals surface area contributed by atoms with Crippen LogP contribution in [0.4, 0.5) is 0 Å². The van der Waals surface area contributed by atoms with Gasteiger partial charge >= 0.3 is 0 Å². The van der Waals surface area contributed by atoms with Crippen molar-refractivity contribution in [1.29, 1.82) is 0 Å². The normalized spacial score (nSPS) is 11.2. The third kappa shape index (κ3) is 2.60. The first kappa shape index (κ1) is 16.7. The van der Waals surface area contributed by atoms with E-state index in [1.807, 2.05) is 78.9 Å². The van der Waals surface area contributed by atoms with E-state index in [0.29, 0.717) is 22.1 Å². The van der Waals surface area contributed by atoms with Gasteiger partial charge in [0.05, 0.1) is 5.02 Å². The van der Waals surface area contributed by atoms with Crippen LogP contribution in [0.5, 0.6) is 0 Å². The molecule has 0 saturated carbocycles. The number of hydrogen-bond acceptors (Lipinski definition) is 3. The largest absolute Gasteiger partial charge is 0.435 e. The molecule has 0 radical (unpaired) electrons. The van der Waals surface area contributed by atoms with Crippen molar-refractivity contribution in [3.63, 3.8) is 0 Å². The van der Waals surface area contributed by atoms with Crippen molar-refractivity contribution in [1.82, 2.24) is 4.98 Å². The van der Waals surface area contributed by atoms with Gasteiger partial charge in [-0.05, 0) is 35.0 Å². The summed E-state index contributed by atoms with van der Waals surface area (Å²) in [7, 11) is 0. The number of carbonyl (C=O) groups is 1.